The van der Waals surface area contributed by atoms with Gasteiger partial charge in [0.1, 0.15) is 5.58 Å². The normalized spacial score (nSPS) is 14.6. The zero-order chi connectivity index (χ0) is 17.4. The highest BCUT2D eigenvalue weighted by atomic mass is 35.5. The molecule has 3 aromatic rings. The molecule has 0 aliphatic carbocycles. The minimum atomic E-state index is -0.168. The Bertz CT molecular complexity index is 931. The second-order valence-corrected chi connectivity index (χ2v) is 7.78. The van der Waals surface area contributed by atoms with Gasteiger partial charge in [-0.05, 0) is 48.6 Å². The average molecular weight is 375 g/mol. The number of thiophene rings is 1. The van der Waals surface area contributed by atoms with Crippen LogP contribution >= 0.6 is 22.9 Å². The molecule has 0 unspecified atom stereocenters. The first-order valence-corrected chi connectivity index (χ1v) is 9.62. The fourth-order valence-corrected chi connectivity index (χ4v) is 4.38. The highest BCUT2D eigenvalue weighted by molar-refractivity contribution is 7.10. The molecule has 2 aromatic heterocycles. The summed E-state index contributed by atoms with van der Waals surface area (Å²) in [6.07, 6.45) is 1.10. The topological polar surface area (TPSA) is 45.5 Å². The number of nitrogens with one attached hydrogen (secondary N) is 1. The van der Waals surface area contributed by atoms with Crippen LogP contribution in [-0.4, -0.2) is 30.4 Å². The first-order chi connectivity index (χ1) is 12.1. The van der Waals surface area contributed by atoms with Gasteiger partial charge in [-0.3, -0.25) is 9.69 Å². The van der Waals surface area contributed by atoms with Gasteiger partial charge in [-0.15, -0.1) is 11.3 Å². The number of benzene rings is 1. The van der Waals surface area contributed by atoms with Crippen molar-refractivity contribution >= 4 is 39.8 Å². The van der Waals surface area contributed by atoms with E-state index in [9.17, 15) is 4.79 Å². The maximum Gasteiger partial charge on any atom is 0.287 e. The van der Waals surface area contributed by atoms with Gasteiger partial charge in [0.25, 0.3) is 5.91 Å². The molecule has 1 amide bonds. The van der Waals surface area contributed by atoms with E-state index in [0.29, 0.717) is 22.9 Å². The standard InChI is InChI=1S/C19H19ClN2O2S/c1-12-15-10-14(20)2-3-16(15)24-18(12)19(23)21-6-8-22-7-4-17-13(11-22)5-9-25-17/h2-3,5,9-10H,4,6-8,11H2,1H3,(H,21,23). The molecule has 0 atom stereocenters. The molecule has 4 rings (SSSR count). The maximum atomic E-state index is 12.5. The van der Waals surface area contributed by atoms with Crippen LogP contribution in [0.1, 0.15) is 26.6 Å². The van der Waals surface area contributed by atoms with Crippen molar-refractivity contribution in [1.82, 2.24) is 10.2 Å². The van der Waals surface area contributed by atoms with Crippen LogP contribution in [0.15, 0.2) is 34.1 Å². The summed E-state index contributed by atoms with van der Waals surface area (Å²) in [6.45, 7) is 5.35. The van der Waals surface area contributed by atoms with Gasteiger partial charge in [0, 0.05) is 47.0 Å². The fourth-order valence-electron chi connectivity index (χ4n) is 3.32. The number of aryl methyl sites for hydroxylation is 1. The first-order valence-electron chi connectivity index (χ1n) is 8.36. The second kappa shape index (κ2) is 6.83. The first kappa shape index (κ1) is 16.6. The van der Waals surface area contributed by atoms with Crippen LogP contribution in [0.3, 0.4) is 0 Å². The number of hydrogen-bond acceptors (Lipinski definition) is 4. The molecule has 0 radical (unpaired) electrons. The number of carbonyl (C=O) groups excluding carboxylic acids is 1. The van der Waals surface area contributed by atoms with Crippen LogP contribution in [0, 0.1) is 6.92 Å². The summed E-state index contributed by atoms with van der Waals surface area (Å²) >= 11 is 7.87. The Morgan fingerprint density at radius 1 is 1.40 bits per heavy atom. The number of furan rings is 1. The summed E-state index contributed by atoms with van der Waals surface area (Å²) in [5.74, 6) is 0.203. The van der Waals surface area contributed by atoms with E-state index in [1.165, 1.54) is 10.4 Å². The zero-order valence-corrected chi connectivity index (χ0v) is 15.5. The van der Waals surface area contributed by atoms with Crippen LogP contribution in [0.4, 0.5) is 0 Å². The number of halogens is 1. The van der Waals surface area contributed by atoms with E-state index < -0.39 is 0 Å². The zero-order valence-electron chi connectivity index (χ0n) is 14.0. The van der Waals surface area contributed by atoms with E-state index in [-0.39, 0.29) is 5.91 Å². The number of amides is 1. The monoisotopic (exact) mass is 374 g/mol. The van der Waals surface area contributed by atoms with Crippen LogP contribution in [0.5, 0.6) is 0 Å². The van der Waals surface area contributed by atoms with Crippen molar-refractivity contribution in [3.8, 4) is 0 Å². The Morgan fingerprint density at radius 3 is 3.16 bits per heavy atom. The van der Waals surface area contributed by atoms with Gasteiger partial charge in [0.05, 0.1) is 0 Å². The molecule has 0 spiro atoms. The molecule has 1 aliphatic rings. The molecule has 1 N–H and O–H groups in total. The van der Waals surface area contributed by atoms with Crippen molar-refractivity contribution < 1.29 is 9.21 Å². The Kier molecular flexibility index (Phi) is 4.54. The predicted molar refractivity (Wildman–Crippen MR) is 102 cm³/mol. The third-order valence-electron chi connectivity index (χ3n) is 4.70. The Balaban J connectivity index is 1.37. The lowest BCUT2D eigenvalue weighted by atomic mass is 10.1. The smallest absolute Gasteiger partial charge is 0.287 e. The number of hydrogen-bond donors (Lipinski definition) is 1. The van der Waals surface area contributed by atoms with E-state index in [1.54, 1.807) is 12.1 Å². The molecule has 4 nitrogen and oxygen atoms in total. The van der Waals surface area contributed by atoms with Crippen molar-refractivity contribution in [2.24, 2.45) is 0 Å². The van der Waals surface area contributed by atoms with E-state index >= 15 is 0 Å². The summed E-state index contributed by atoms with van der Waals surface area (Å²) in [5.41, 5.74) is 2.94. The van der Waals surface area contributed by atoms with Crippen molar-refractivity contribution in [1.29, 1.82) is 0 Å². The molecule has 0 bridgehead atoms. The predicted octanol–water partition coefficient (Wildman–Crippen LogP) is 4.24. The summed E-state index contributed by atoms with van der Waals surface area (Å²) in [4.78, 5) is 16.3. The van der Waals surface area contributed by atoms with E-state index in [0.717, 1.165) is 37.0 Å². The Hall–Kier alpha value is -1.82. The largest absolute Gasteiger partial charge is 0.451 e. The van der Waals surface area contributed by atoms with Gasteiger partial charge >= 0.3 is 0 Å². The fraction of sp³-hybridized carbons (Fsp3) is 0.316. The van der Waals surface area contributed by atoms with Crippen LogP contribution in [0.2, 0.25) is 5.02 Å². The number of carbonyl (C=O) groups is 1. The Morgan fingerprint density at radius 2 is 2.28 bits per heavy atom. The van der Waals surface area contributed by atoms with Crippen LogP contribution in [-0.2, 0) is 13.0 Å². The molecule has 0 saturated carbocycles. The minimum absolute atomic E-state index is 0.168. The van der Waals surface area contributed by atoms with Crippen molar-refractivity contribution in [3.05, 3.63) is 56.4 Å². The highest BCUT2D eigenvalue weighted by Crippen LogP contribution is 2.28. The third-order valence-corrected chi connectivity index (χ3v) is 5.96. The molecule has 6 heteroatoms. The van der Waals surface area contributed by atoms with Gasteiger partial charge in [-0.25, -0.2) is 0 Å². The number of fused-ring (bicyclic) bond motifs is 2. The molecule has 3 heterocycles. The van der Waals surface area contributed by atoms with Crippen molar-refractivity contribution in [2.45, 2.75) is 19.9 Å². The van der Waals surface area contributed by atoms with Crippen LogP contribution < -0.4 is 5.32 Å². The summed E-state index contributed by atoms with van der Waals surface area (Å²) < 4.78 is 5.71. The van der Waals surface area contributed by atoms with Gasteiger partial charge in [-0.1, -0.05) is 11.6 Å². The highest BCUT2D eigenvalue weighted by Gasteiger charge is 2.19. The van der Waals surface area contributed by atoms with Gasteiger partial charge < -0.3 is 9.73 Å². The molecular formula is C19H19ClN2O2S. The molecule has 25 heavy (non-hydrogen) atoms. The minimum Gasteiger partial charge on any atom is -0.451 e. The molecule has 1 aliphatic heterocycles. The van der Waals surface area contributed by atoms with E-state index in [2.05, 4.69) is 21.7 Å². The summed E-state index contributed by atoms with van der Waals surface area (Å²) in [6, 6.07) is 7.60. The summed E-state index contributed by atoms with van der Waals surface area (Å²) in [5, 5.41) is 6.66. The van der Waals surface area contributed by atoms with E-state index in [1.807, 2.05) is 24.3 Å². The van der Waals surface area contributed by atoms with Crippen LogP contribution in [0.25, 0.3) is 11.0 Å². The number of rotatable bonds is 4. The lowest BCUT2D eigenvalue weighted by Crippen LogP contribution is -2.37. The lowest BCUT2D eigenvalue weighted by molar-refractivity contribution is 0.0921. The van der Waals surface area contributed by atoms with Crippen molar-refractivity contribution in [3.63, 3.8) is 0 Å². The van der Waals surface area contributed by atoms with E-state index in [4.69, 9.17) is 16.0 Å². The average Bonchev–Trinajstić information content (AvgIpc) is 3.19. The lowest BCUT2D eigenvalue weighted by Gasteiger charge is -2.26. The maximum absolute atomic E-state index is 12.5. The summed E-state index contributed by atoms with van der Waals surface area (Å²) in [7, 11) is 0. The second-order valence-electron chi connectivity index (χ2n) is 6.35. The quantitative estimate of drug-likeness (QED) is 0.742. The molecule has 130 valence electrons. The molecule has 1 aromatic carbocycles. The number of nitrogens with zero attached hydrogens (tertiary/aromatic N) is 1. The van der Waals surface area contributed by atoms with Gasteiger partial charge in [0.15, 0.2) is 5.76 Å². The third kappa shape index (κ3) is 3.32. The molecule has 0 saturated heterocycles. The van der Waals surface area contributed by atoms with Gasteiger partial charge in [0.2, 0.25) is 0 Å². The SMILES string of the molecule is Cc1c(C(=O)NCCN2CCc3sccc3C2)oc2ccc(Cl)cc12. The van der Waals surface area contributed by atoms with Crippen molar-refractivity contribution in [2.75, 3.05) is 19.6 Å². The Labute approximate surface area is 155 Å². The molecular weight excluding hydrogens is 356 g/mol. The van der Waals surface area contributed by atoms with Gasteiger partial charge in [-0.2, -0.15) is 0 Å². The molecule has 0 fully saturated rings.